The highest BCUT2D eigenvalue weighted by Crippen LogP contribution is 2.33. The van der Waals surface area contributed by atoms with Crippen LogP contribution in [0.4, 0.5) is 13.2 Å². The summed E-state index contributed by atoms with van der Waals surface area (Å²) in [6, 6.07) is 7.99. The third-order valence-corrected chi connectivity index (χ3v) is 6.09. The number of H-pyrrole nitrogens is 1. The summed E-state index contributed by atoms with van der Waals surface area (Å²) in [7, 11) is 1.69. The number of fused-ring (bicyclic) bond motifs is 1. The summed E-state index contributed by atoms with van der Waals surface area (Å²) in [5.41, 5.74) is 4.36. The van der Waals surface area contributed by atoms with E-state index >= 15 is 0 Å². The SMILES string of the molecule is COc1ccccc1-c1n[nH]c2c1CCN(C(=O)C1CCCCC1)CC2.O=C(O)C(F)(F)F. The molecule has 0 unspecified atom stereocenters. The fraction of sp³-hybridized carbons (Fsp3) is 0.522. The molecule has 1 aliphatic carbocycles. The van der Waals surface area contributed by atoms with E-state index in [9.17, 15) is 18.0 Å². The fourth-order valence-electron chi connectivity index (χ4n) is 4.37. The van der Waals surface area contributed by atoms with Gasteiger partial charge < -0.3 is 14.7 Å². The molecule has 0 radical (unpaired) electrons. The molecule has 1 saturated carbocycles. The molecule has 0 saturated heterocycles. The molecular formula is C23H28F3N3O4. The summed E-state index contributed by atoms with van der Waals surface area (Å²) in [5, 5.41) is 14.9. The molecule has 180 valence electrons. The average molecular weight is 467 g/mol. The van der Waals surface area contributed by atoms with Gasteiger partial charge in [0.05, 0.1) is 12.8 Å². The maximum atomic E-state index is 12.9. The Bertz CT molecular complexity index is 968. The van der Waals surface area contributed by atoms with Gasteiger partial charge in [-0.15, -0.1) is 0 Å². The van der Waals surface area contributed by atoms with Gasteiger partial charge in [-0.2, -0.15) is 18.3 Å². The minimum Gasteiger partial charge on any atom is -0.496 e. The van der Waals surface area contributed by atoms with Gasteiger partial charge in [0, 0.05) is 42.2 Å². The van der Waals surface area contributed by atoms with Crippen LogP contribution in [0.5, 0.6) is 5.75 Å². The van der Waals surface area contributed by atoms with Crippen LogP contribution >= 0.6 is 0 Å². The first-order valence-electron chi connectivity index (χ1n) is 11.0. The second-order valence-corrected chi connectivity index (χ2v) is 8.19. The number of hydrogen-bond donors (Lipinski definition) is 2. The highest BCUT2D eigenvalue weighted by molar-refractivity contribution is 5.79. The van der Waals surface area contributed by atoms with Crippen molar-refractivity contribution in [3.05, 3.63) is 35.5 Å². The van der Waals surface area contributed by atoms with E-state index in [0.29, 0.717) is 5.91 Å². The van der Waals surface area contributed by atoms with Crippen molar-refractivity contribution in [2.45, 2.75) is 51.1 Å². The highest BCUT2D eigenvalue weighted by Gasteiger charge is 2.38. The lowest BCUT2D eigenvalue weighted by Crippen LogP contribution is -2.38. The first-order valence-corrected chi connectivity index (χ1v) is 11.0. The lowest BCUT2D eigenvalue weighted by molar-refractivity contribution is -0.192. The standard InChI is InChI=1S/C21H27N3O2.C2HF3O2/c1-26-19-10-6-5-9-17(19)20-16-11-13-24(14-12-18(16)22-23-20)21(25)15-7-3-2-4-8-15;3-2(4,5)1(6)7/h5-6,9-10,15H,2-4,7-8,11-14H2,1H3,(H,22,23);(H,6,7). The highest BCUT2D eigenvalue weighted by atomic mass is 19.4. The predicted molar refractivity (Wildman–Crippen MR) is 115 cm³/mol. The van der Waals surface area contributed by atoms with Gasteiger partial charge in [-0.25, -0.2) is 4.79 Å². The lowest BCUT2D eigenvalue weighted by atomic mass is 9.88. The number of carbonyl (C=O) groups excluding carboxylic acids is 1. The molecule has 2 aromatic rings. The number of carbonyl (C=O) groups is 2. The van der Waals surface area contributed by atoms with Crippen LogP contribution in [0.15, 0.2) is 24.3 Å². The number of rotatable bonds is 3. The number of para-hydroxylation sites is 1. The first kappa shape index (κ1) is 24.6. The molecule has 2 N–H and O–H groups in total. The molecule has 7 nitrogen and oxygen atoms in total. The number of hydrogen-bond acceptors (Lipinski definition) is 4. The topological polar surface area (TPSA) is 95.5 Å². The number of nitrogens with zero attached hydrogens (tertiary/aromatic N) is 2. The summed E-state index contributed by atoms with van der Waals surface area (Å²) in [4.78, 5) is 23.9. The molecule has 1 fully saturated rings. The second-order valence-electron chi connectivity index (χ2n) is 8.19. The monoisotopic (exact) mass is 467 g/mol. The minimum absolute atomic E-state index is 0.243. The van der Waals surface area contributed by atoms with E-state index in [0.717, 1.165) is 61.5 Å². The van der Waals surface area contributed by atoms with Crippen LogP contribution in [-0.4, -0.2) is 58.5 Å². The minimum atomic E-state index is -5.08. The zero-order valence-electron chi connectivity index (χ0n) is 18.5. The van der Waals surface area contributed by atoms with Crippen LogP contribution in [0, 0.1) is 5.92 Å². The number of aliphatic carboxylic acids is 1. The van der Waals surface area contributed by atoms with Gasteiger partial charge in [-0.3, -0.25) is 9.89 Å². The number of alkyl halides is 3. The van der Waals surface area contributed by atoms with Crippen LogP contribution in [-0.2, 0) is 22.4 Å². The van der Waals surface area contributed by atoms with Crippen molar-refractivity contribution in [3.8, 4) is 17.0 Å². The Morgan fingerprint density at radius 1 is 1.12 bits per heavy atom. The maximum Gasteiger partial charge on any atom is 0.490 e. The third kappa shape index (κ3) is 6.06. The van der Waals surface area contributed by atoms with Crippen molar-refractivity contribution < 1.29 is 32.6 Å². The van der Waals surface area contributed by atoms with Gasteiger partial charge in [0.25, 0.3) is 0 Å². The molecule has 4 rings (SSSR count). The van der Waals surface area contributed by atoms with E-state index in [4.69, 9.17) is 14.6 Å². The van der Waals surface area contributed by atoms with Crippen molar-refractivity contribution in [1.29, 1.82) is 0 Å². The molecule has 1 aromatic carbocycles. The summed E-state index contributed by atoms with van der Waals surface area (Å²) in [6.07, 6.45) is 2.41. The van der Waals surface area contributed by atoms with Crippen molar-refractivity contribution in [1.82, 2.24) is 15.1 Å². The smallest absolute Gasteiger partial charge is 0.490 e. The number of halogens is 3. The Morgan fingerprint density at radius 2 is 1.76 bits per heavy atom. The summed E-state index contributed by atoms with van der Waals surface area (Å²) >= 11 is 0. The molecule has 1 amide bonds. The molecular weight excluding hydrogens is 439 g/mol. The van der Waals surface area contributed by atoms with Crippen LogP contribution in [0.1, 0.15) is 43.4 Å². The van der Waals surface area contributed by atoms with E-state index in [2.05, 4.69) is 15.1 Å². The number of carboxylic acid groups (broad SMARTS) is 1. The molecule has 1 aliphatic heterocycles. The van der Waals surface area contributed by atoms with Crippen LogP contribution in [0.3, 0.4) is 0 Å². The largest absolute Gasteiger partial charge is 0.496 e. The predicted octanol–water partition coefficient (Wildman–Crippen LogP) is 4.23. The molecule has 33 heavy (non-hydrogen) atoms. The van der Waals surface area contributed by atoms with Gasteiger partial charge >= 0.3 is 12.1 Å². The molecule has 0 spiro atoms. The van der Waals surface area contributed by atoms with Gasteiger partial charge in [-0.05, 0) is 31.4 Å². The van der Waals surface area contributed by atoms with Crippen molar-refractivity contribution >= 4 is 11.9 Å². The Balaban J connectivity index is 0.000000383. The summed E-state index contributed by atoms with van der Waals surface area (Å²) in [5.74, 6) is -1.32. The average Bonchev–Trinajstić information content (AvgIpc) is 3.09. The number of carboxylic acids is 1. The molecule has 0 atom stereocenters. The number of ether oxygens (including phenoxy) is 1. The third-order valence-electron chi connectivity index (χ3n) is 6.09. The number of nitrogens with one attached hydrogen (secondary N) is 1. The zero-order chi connectivity index (χ0) is 24.0. The second kappa shape index (κ2) is 10.7. The first-order chi connectivity index (χ1) is 15.7. The number of amides is 1. The quantitative estimate of drug-likeness (QED) is 0.705. The molecule has 1 aromatic heterocycles. The Morgan fingerprint density at radius 3 is 2.39 bits per heavy atom. The van der Waals surface area contributed by atoms with Crippen LogP contribution < -0.4 is 4.74 Å². The maximum absolute atomic E-state index is 12.9. The van der Waals surface area contributed by atoms with Crippen LogP contribution in [0.2, 0.25) is 0 Å². The number of aromatic amines is 1. The van der Waals surface area contributed by atoms with Gasteiger partial charge in [0.1, 0.15) is 5.75 Å². The van der Waals surface area contributed by atoms with E-state index in [-0.39, 0.29) is 5.92 Å². The number of aromatic nitrogens is 2. The summed E-state index contributed by atoms with van der Waals surface area (Å²) in [6.45, 7) is 1.57. The van der Waals surface area contributed by atoms with E-state index in [1.165, 1.54) is 24.8 Å². The van der Waals surface area contributed by atoms with Gasteiger partial charge in [0.15, 0.2) is 0 Å². The van der Waals surface area contributed by atoms with E-state index in [1.807, 2.05) is 24.3 Å². The number of methoxy groups -OCH3 is 1. The Kier molecular flexibility index (Phi) is 7.99. The fourth-order valence-corrected chi connectivity index (χ4v) is 4.37. The molecule has 2 heterocycles. The van der Waals surface area contributed by atoms with E-state index in [1.54, 1.807) is 7.11 Å². The van der Waals surface area contributed by atoms with Gasteiger partial charge in [0.2, 0.25) is 5.91 Å². The normalized spacial score (nSPS) is 16.8. The van der Waals surface area contributed by atoms with Crippen molar-refractivity contribution in [2.24, 2.45) is 5.92 Å². The summed E-state index contributed by atoms with van der Waals surface area (Å²) < 4.78 is 37.2. The molecule has 0 bridgehead atoms. The van der Waals surface area contributed by atoms with Crippen molar-refractivity contribution in [2.75, 3.05) is 20.2 Å². The molecule has 2 aliphatic rings. The van der Waals surface area contributed by atoms with Crippen LogP contribution in [0.25, 0.3) is 11.3 Å². The molecule has 10 heteroatoms. The lowest BCUT2D eigenvalue weighted by Gasteiger charge is -2.28. The van der Waals surface area contributed by atoms with E-state index < -0.39 is 12.1 Å². The number of benzene rings is 1. The zero-order valence-corrected chi connectivity index (χ0v) is 18.5. The van der Waals surface area contributed by atoms with Crippen molar-refractivity contribution in [3.63, 3.8) is 0 Å². The Labute approximate surface area is 189 Å². The Hall–Kier alpha value is -3.04. The van der Waals surface area contributed by atoms with Gasteiger partial charge in [-0.1, -0.05) is 31.4 Å².